The SMILES string of the molecule is Cc1c(Cl)cc2c(c1CC(C)O)OCCO2. The number of aliphatic hydroxyl groups is 1. The van der Waals surface area contributed by atoms with Gasteiger partial charge in [-0.2, -0.15) is 0 Å². The van der Waals surface area contributed by atoms with Crippen molar-refractivity contribution in [2.75, 3.05) is 13.2 Å². The van der Waals surface area contributed by atoms with E-state index in [1.165, 1.54) is 0 Å². The number of halogens is 1. The highest BCUT2D eigenvalue weighted by Crippen LogP contribution is 2.40. The molecule has 88 valence electrons. The monoisotopic (exact) mass is 242 g/mol. The molecule has 0 bridgehead atoms. The maximum atomic E-state index is 9.48. The first-order chi connectivity index (χ1) is 7.59. The Hall–Kier alpha value is -0.930. The second-order valence-corrected chi connectivity index (χ2v) is 4.45. The average Bonchev–Trinajstić information content (AvgIpc) is 2.24. The van der Waals surface area contributed by atoms with Gasteiger partial charge < -0.3 is 14.6 Å². The summed E-state index contributed by atoms with van der Waals surface area (Å²) in [5.41, 5.74) is 1.89. The molecule has 1 aromatic rings. The van der Waals surface area contributed by atoms with Gasteiger partial charge >= 0.3 is 0 Å². The van der Waals surface area contributed by atoms with E-state index in [0.717, 1.165) is 16.9 Å². The van der Waals surface area contributed by atoms with Crippen molar-refractivity contribution in [1.29, 1.82) is 0 Å². The lowest BCUT2D eigenvalue weighted by atomic mass is 10.0. The van der Waals surface area contributed by atoms with Gasteiger partial charge in [0.25, 0.3) is 0 Å². The third kappa shape index (κ3) is 2.11. The van der Waals surface area contributed by atoms with Crippen LogP contribution in [-0.2, 0) is 6.42 Å². The highest BCUT2D eigenvalue weighted by molar-refractivity contribution is 6.31. The summed E-state index contributed by atoms with van der Waals surface area (Å²) in [4.78, 5) is 0. The van der Waals surface area contributed by atoms with E-state index in [4.69, 9.17) is 21.1 Å². The zero-order chi connectivity index (χ0) is 11.7. The molecule has 0 fully saturated rings. The summed E-state index contributed by atoms with van der Waals surface area (Å²) in [5.74, 6) is 1.41. The second-order valence-electron chi connectivity index (χ2n) is 4.04. The average molecular weight is 243 g/mol. The number of hydrogen-bond donors (Lipinski definition) is 1. The number of fused-ring (bicyclic) bond motifs is 1. The summed E-state index contributed by atoms with van der Waals surface area (Å²) in [7, 11) is 0. The second kappa shape index (κ2) is 4.52. The van der Waals surface area contributed by atoms with Crippen molar-refractivity contribution in [2.45, 2.75) is 26.4 Å². The molecule has 16 heavy (non-hydrogen) atoms. The van der Waals surface area contributed by atoms with Crippen molar-refractivity contribution >= 4 is 11.6 Å². The first-order valence-corrected chi connectivity index (χ1v) is 5.73. The first-order valence-electron chi connectivity index (χ1n) is 5.35. The molecule has 1 aliphatic heterocycles. The van der Waals surface area contributed by atoms with E-state index in [2.05, 4.69) is 0 Å². The Morgan fingerprint density at radius 1 is 1.44 bits per heavy atom. The molecule has 2 rings (SSSR count). The van der Waals surface area contributed by atoms with E-state index in [0.29, 0.717) is 30.4 Å². The molecular formula is C12H15ClO3. The van der Waals surface area contributed by atoms with Crippen molar-refractivity contribution < 1.29 is 14.6 Å². The summed E-state index contributed by atoms with van der Waals surface area (Å²) in [5, 5.41) is 10.1. The quantitative estimate of drug-likeness (QED) is 0.865. The van der Waals surface area contributed by atoms with Crippen LogP contribution in [0.15, 0.2) is 6.07 Å². The van der Waals surface area contributed by atoms with Gasteiger partial charge in [0.1, 0.15) is 13.2 Å². The molecule has 1 aliphatic rings. The molecule has 0 saturated heterocycles. The molecule has 0 radical (unpaired) electrons. The predicted octanol–water partition coefficient (Wildman–Crippen LogP) is 2.34. The molecule has 1 heterocycles. The predicted molar refractivity (Wildman–Crippen MR) is 62.6 cm³/mol. The van der Waals surface area contributed by atoms with Crippen LogP contribution in [0.2, 0.25) is 5.02 Å². The number of aliphatic hydroxyl groups excluding tert-OH is 1. The molecule has 0 aromatic heterocycles. The smallest absolute Gasteiger partial charge is 0.165 e. The van der Waals surface area contributed by atoms with Gasteiger partial charge in [0.15, 0.2) is 11.5 Å². The van der Waals surface area contributed by atoms with E-state index in [9.17, 15) is 5.11 Å². The Morgan fingerprint density at radius 3 is 2.81 bits per heavy atom. The number of benzene rings is 1. The van der Waals surface area contributed by atoms with E-state index in [1.807, 2.05) is 6.92 Å². The van der Waals surface area contributed by atoms with E-state index < -0.39 is 6.10 Å². The summed E-state index contributed by atoms with van der Waals surface area (Å²) in [6, 6.07) is 1.77. The van der Waals surface area contributed by atoms with Gasteiger partial charge in [0.2, 0.25) is 0 Å². The van der Waals surface area contributed by atoms with E-state index >= 15 is 0 Å². The zero-order valence-corrected chi connectivity index (χ0v) is 10.2. The zero-order valence-electron chi connectivity index (χ0n) is 9.42. The van der Waals surface area contributed by atoms with E-state index in [1.54, 1.807) is 13.0 Å². The van der Waals surface area contributed by atoms with Crippen LogP contribution in [0, 0.1) is 6.92 Å². The van der Waals surface area contributed by atoms with Gasteiger partial charge in [-0.3, -0.25) is 0 Å². The van der Waals surface area contributed by atoms with Crippen molar-refractivity contribution in [3.8, 4) is 11.5 Å². The third-order valence-electron chi connectivity index (χ3n) is 2.65. The van der Waals surface area contributed by atoms with Crippen LogP contribution < -0.4 is 9.47 Å². The topological polar surface area (TPSA) is 38.7 Å². The lowest BCUT2D eigenvalue weighted by Crippen LogP contribution is -2.18. The molecule has 0 amide bonds. The van der Waals surface area contributed by atoms with Crippen LogP contribution in [0.5, 0.6) is 11.5 Å². The normalized spacial score (nSPS) is 16.0. The molecule has 3 nitrogen and oxygen atoms in total. The van der Waals surface area contributed by atoms with Crippen molar-refractivity contribution in [2.24, 2.45) is 0 Å². The third-order valence-corrected chi connectivity index (χ3v) is 3.05. The Balaban J connectivity index is 2.50. The summed E-state index contributed by atoms with van der Waals surface area (Å²) >= 11 is 6.12. The highest BCUT2D eigenvalue weighted by atomic mass is 35.5. The molecule has 1 N–H and O–H groups in total. The molecule has 0 spiro atoms. The minimum Gasteiger partial charge on any atom is -0.486 e. The molecule has 0 saturated carbocycles. The standard InChI is InChI=1S/C12H15ClO3/c1-7(14)5-9-8(2)10(13)6-11-12(9)16-4-3-15-11/h6-7,14H,3-5H2,1-2H3. The molecule has 0 aliphatic carbocycles. The van der Waals surface area contributed by atoms with Crippen molar-refractivity contribution in [1.82, 2.24) is 0 Å². The summed E-state index contributed by atoms with van der Waals surface area (Å²) in [6.45, 7) is 4.76. The van der Waals surface area contributed by atoms with Gasteiger partial charge in [-0.15, -0.1) is 0 Å². The van der Waals surface area contributed by atoms with Gasteiger partial charge in [-0.25, -0.2) is 0 Å². The Bertz CT molecular complexity index is 402. The fraction of sp³-hybridized carbons (Fsp3) is 0.500. The lowest BCUT2D eigenvalue weighted by molar-refractivity contribution is 0.163. The van der Waals surface area contributed by atoms with Crippen LogP contribution in [0.1, 0.15) is 18.1 Å². The molecule has 1 aromatic carbocycles. The van der Waals surface area contributed by atoms with Crippen LogP contribution >= 0.6 is 11.6 Å². The molecule has 1 atom stereocenters. The summed E-state index contributed by atoms with van der Waals surface area (Å²) in [6.07, 6.45) is 0.102. The lowest BCUT2D eigenvalue weighted by Gasteiger charge is -2.23. The van der Waals surface area contributed by atoms with Gasteiger partial charge in [-0.05, 0) is 19.4 Å². The molecular weight excluding hydrogens is 228 g/mol. The van der Waals surface area contributed by atoms with E-state index in [-0.39, 0.29) is 0 Å². The fourth-order valence-corrected chi connectivity index (χ4v) is 2.07. The largest absolute Gasteiger partial charge is 0.486 e. The van der Waals surface area contributed by atoms with Crippen molar-refractivity contribution in [3.05, 3.63) is 22.2 Å². The number of rotatable bonds is 2. The summed E-state index contributed by atoms with van der Waals surface area (Å²) < 4.78 is 11.1. The van der Waals surface area contributed by atoms with Gasteiger partial charge in [0, 0.05) is 23.1 Å². The van der Waals surface area contributed by atoms with Crippen LogP contribution in [0.25, 0.3) is 0 Å². The molecule has 1 unspecified atom stereocenters. The minimum absolute atomic E-state index is 0.424. The minimum atomic E-state index is -0.424. The van der Waals surface area contributed by atoms with Crippen LogP contribution in [0.3, 0.4) is 0 Å². The van der Waals surface area contributed by atoms with Gasteiger partial charge in [0.05, 0.1) is 6.10 Å². The Labute approximate surface area is 99.9 Å². The fourth-order valence-electron chi connectivity index (χ4n) is 1.85. The number of ether oxygens (including phenoxy) is 2. The Morgan fingerprint density at radius 2 is 2.12 bits per heavy atom. The molecule has 4 heteroatoms. The first kappa shape index (κ1) is 11.6. The van der Waals surface area contributed by atoms with Crippen LogP contribution in [-0.4, -0.2) is 24.4 Å². The Kier molecular flexibility index (Phi) is 3.26. The maximum absolute atomic E-state index is 9.48. The van der Waals surface area contributed by atoms with Gasteiger partial charge in [-0.1, -0.05) is 11.6 Å². The number of hydrogen-bond acceptors (Lipinski definition) is 3. The highest BCUT2D eigenvalue weighted by Gasteiger charge is 2.21. The maximum Gasteiger partial charge on any atom is 0.165 e. The van der Waals surface area contributed by atoms with Crippen LogP contribution in [0.4, 0.5) is 0 Å². The van der Waals surface area contributed by atoms with Crippen molar-refractivity contribution in [3.63, 3.8) is 0 Å².